The van der Waals surface area contributed by atoms with Crippen LogP contribution in [0, 0.1) is 5.82 Å². The van der Waals surface area contributed by atoms with Crippen LogP contribution in [0.2, 0.25) is 0 Å². The maximum atomic E-state index is 13.2. The van der Waals surface area contributed by atoms with Crippen molar-refractivity contribution in [1.29, 1.82) is 0 Å². The Balaban J connectivity index is 2.38. The number of nitrogens with two attached hydrogens (primary N) is 1. The van der Waals surface area contributed by atoms with E-state index in [1.54, 1.807) is 0 Å². The Kier molecular flexibility index (Phi) is 4.30. The van der Waals surface area contributed by atoms with Crippen LogP contribution in [0.3, 0.4) is 0 Å². The molecule has 0 unspecified atom stereocenters. The van der Waals surface area contributed by atoms with E-state index in [0.29, 0.717) is 0 Å². The summed E-state index contributed by atoms with van der Waals surface area (Å²) in [5.74, 6) is -1.00. The van der Waals surface area contributed by atoms with E-state index in [1.165, 1.54) is 12.3 Å². The predicted octanol–water partition coefficient (Wildman–Crippen LogP) is 2.63. The zero-order valence-corrected chi connectivity index (χ0v) is 13.8. The van der Waals surface area contributed by atoms with E-state index in [9.17, 15) is 17.6 Å². The summed E-state index contributed by atoms with van der Waals surface area (Å²) >= 11 is 3.94. The molecule has 1 aromatic heterocycles. The van der Waals surface area contributed by atoms with E-state index in [0.717, 1.165) is 23.5 Å². The molecule has 112 valence electrons. The van der Waals surface area contributed by atoms with E-state index in [-0.39, 0.29) is 31.7 Å². The van der Waals surface area contributed by atoms with Crippen LogP contribution in [0.5, 0.6) is 0 Å². The molecule has 0 aliphatic heterocycles. The fourth-order valence-corrected chi connectivity index (χ4v) is 4.46. The smallest absolute Gasteiger partial charge is 0.264 e. The van der Waals surface area contributed by atoms with Crippen LogP contribution in [-0.4, -0.2) is 19.2 Å². The van der Waals surface area contributed by atoms with Gasteiger partial charge < -0.3 is 5.73 Å². The lowest BCUT2D eigenvalue weighted by molar-refractivity contribution is 0.101. The first kappa shape index (κ1) is 15.9. The molecule has 0 saturated heterocycles. The van der Waals surface area contributed by atoms with Gasteiger partial charge >= 0.3 is 0 Å². The van der Waals surface area contributed by atoms with Gasteiger partial charge in [0.25, 0.3) is 10.0 Å². The first-order chi connectivity index (χ1) is 9.70. The summed E-state index contributed by atoms with van der Waals surface area (Å²) in [6.07, 6.45) is 0. The molecule has 3 N–H and O–H groups in total. The highest BCUT2D eigenvalue weighted by Crippen LogP contribution is 2.29. The summed E-state index contributed by atoms with van der Waals surface area (Å²) < 4.78 is 40.0. The summed E-state index contributed by atoms with van der Waals surface area (Å²) in [4.78, 5) is 14.8. The maximum Gasteiger partial charge on any atom is 0.264 e. The number of halogens is 2. The number of sulfonamides is 1. The summed E-state index contributed by atoms with van der Waals surface area (Å²) in [5, 5.41) is 1.48. The second-order valence-electron chi connectivity index (χ2n) is 4.00. The number of hydrogen-bond acceptors (Lipinski definition) is 6. The first-order valence-corrected chi connectivity index (χ1v) is 8.60. The Bertz CT molecular complexity index is 820. The van der Waals surface area contributed by atoms with Crippen LogP contribution in [0.1, 0.15) is 17.4 Å². The van der Waals surface area contributed by atoms with Gasteiger partial charge in [-0.05, 0) is 28.1 Å². The number of carbonyl (C=O) groups excluding carboxylic acids is 1. The lowest BCUT2D eigenvalue weighted by atomic mass is 10.3. The third-order valence-electron chi connectivity index (χ3n) is 2.43. The van der Waals surface area contributed by atoms with Gasteiger partial charge in [-0.3, -0.25) is 9.52 Å². The molecule has 21 heavy (non-hydrogen) atoms. The fraction of sp³-hybridized carbons (Fsp3) is 0.0909. The molecule has 0 aliphatic carbocycles. The van der Waals surface area contributed by atoms with E-state index in [2.05, 4.69) is 25.6 Å². The SMILES string of the molecule is CC(=O)c1csc(NS(=O)(=O)c2cc(N)c(F)cc2Br)n1. The summed E-state index contributed by atoms with van der Waals surface area (Å²) in [6.45, 7) is 1.32. The number of aromatic nitrogens is 1. The normalized spacial score (nSPS) is 11.4. The number of hydrogen-bond donors (Lipinski definition) is 2. The van der Waals surface area contributed by atoms with Crippen molar-refractivity contribution in [2.45, 2.75) is 11.8 Å². The molecule has 10 heteroatoms. The van der Waals surface area contributed by atoms with E-state index >= 15 is 0 Å². The van der Waals surface area contributed by atoms with Crippen LogP contribution in [0.25, 0.3) is 0 Å². The molecule has 0 spiro atoms. The zero-order chi connectivity index (χ0) is 15.8. The molecule has 0 bridgehead atoms. The Morgan fingerprint density at radius 1 is 1.48 bits per heavy atom. The Hall–Kier alpha value is -1.52. The van der Waals surface area contributed by atoms with Crippen LogP contribution in [0.4, 0.5) is 15.2 Å². The van der Waals surface area contributed by atoms with Gasteiger partial charge in [-0.15, -0.1) is 11.3 Å². The van der Waals surface area contributed by atoms with E-state index in [1.807, 2.05) is 0 Å². The van der Waals surface area contributed by atoms with Gasteiger partial charge in [0.1, 0.15) is 16.4 Å². The molecule has 2 rings (SSSR count). The average Bonchev–Trinajstić information content (AvgIpc) is 2.81. The van der Waals surface area contributed by atoms with Crippen molar-refractivity contribution < 1.29 is 17.6 Å². The highest BCUT2D eigenvalue weighted by atomic mass is 79.9. The third kappa shape index (κ3) is 3.39. The summed E-state index contributed by atoms with van der Waals surface area (Å²) in [6, 6.07) is 1.97. The van der Waals surface area contributed by atoms with Gasteiger partial charge in [-0.25, -0.2) is 17.8 Å². The van der Waals surface area contributed by atoms with Gasteiger partial charge in [-0.2, -0.15) is 0 Å². The number of thiazole rings is 1. The number of nitrogens with zero attached hydrogens (tertiary/aromatic N) is 1. The van der Waals surface area contributed by atoms with Crippen LogP contribution in [-0.2, 0) is 10.0 Å². The Morgan fingerprint density at radius 2 is 2.14 bits per heavy atom. The van der Waals surface area contributed by atoms with E-state index < -0.39 is 15.8 Å². The lowest BCUT2D eigenvalue weighted by Gasteiger charge is -2.08. The van der Waals surface area contributed by atoms with Crippen molar-refractivity contribution >= 4 is 53.9 Å². The first-order valence-electron chi connectivity index (χ1n) is 5.44. The second-order valence-corrected chi connectivity index (χ2v) is 7.37. The lowest BCUT2D eigenvalue weighted by Crippen LogP contribution is -2.14. The number of nitrogens with one attached hydrogen (secondary N) is 1. The van der Waals surface area contributed by atoms with E-state index in [4.69, 9.17) is 5.73 Å². The predicted molar refractivity (Wildman–Crippen MR) is 81.4 cm³/mol. The number of Topliss-reactive ketones (excluding diaryl/α,β-unsaturated/α-hetero) is 1. The average molecular weight is 394 g/mol. The molecule has 0 saturated carbocycles. The molecular formula is C11H9BrFN3O3S2. The third-order valence-corrected chi connectivity index (χ3v) is 5.61. The standard InChI is InChI=1S/C11H9BrFN3O3S2/c1-5(17)9-4-20-11(15-9)16-21(18,19)10-3-8(14)7(13)2-6(10)12/h2-4H,14H2,1H3,(H,15,16). The molecule has 1 aromatic carbocycles. The molecule has 6 nitrogen and oxygen atoms in total. The van der Waals surface area contributed by atoms with Crippen molar-refractivity contribution in [3.63, 3.8) is 0 Å². The highest BCUT2D eigenvalue weighted by Gasteiger charge is 2.21. The molecule has 0 radical (unpaired) electrons. The summed E-state index contributed by atoms with van der Waals surface area (Å²) in [5.41, 5.74) is 5.25. The van der Waals surface area contributed by atoms with Crippen molar-refractivity contribution in [2.75, 3.05) is 10.5 Å². The van der Waals surface area contributed by atoms with Crippen molar-refractivity contribution in [3.05, 3.63) is 33.5 Å². The van der Waals surface area contributed by atoms with Gasteiger partial charge in [0, 0.05) is 16.8 Å². The number of rotatable bonds is 4. The van der Waals surface area contributed by atoms with Crippen molar-refractivity contribution in [2.24, 2.45) is 0 Å². The van der Waals surface area contributed by atoms with Crippen LogP contribution in [0.15, 0.2) is 26.9 Å². The number of anilines is 2. The van der Waals surface area contributed by atoms with Gasteiger partial charge in [0.05, 0.1) is 5.69 Å². The molecule has 0 fully saturated rings. The number of benzene rings is 1. The largest absolute Gasteiger partial charge is 0.396 e. The number of ketones is 1. The molecule has 1 heterocycles. The Labute approximate surface area is 132 Å². The zero-order valence-electron chi connectivity index (χ0n) is 10.6. The quantitative estimate of drug-likeness (QED) is 0.613. The summed E-state index contributed by atoms with van der Waals surface area (Å²) in [7, 11) is -4.00. The van der Waals surface area contributed by atoms with Crippen molar-refractivity contribution in [3.8, 4) is 0 Å². The molecule has 0 aliphatic rings. The number of nitrogen functional groups attached to an aromatic ring is 1. The highest BCUT2D eigenvalue weighted by molar-refractivity contribution is 9.10. The van der Waals surface area contributed by atoms with Crippen LogP contribution >= 0.6 is 27.3 Å². The topological polar surface area (TPSA) is 102 Å². The minimum Gasteiger partial charge on any atom is -0.396 e. The molecule has 0 amide bonds. The molecular weight excluding hydrogens is 385 g/mol. The monoisotopic (exact) mass is 393 g/mol. The fourth-order valence-electron chi connectivity index (χ4n) is 1.40. The molecule has 0 atom stereocenters. The second kappa shape index (κ2) is 5.70. The molecule has 2 aromatic rings. The minimum absolute atomic E-state index is 0.0325. The van der Waals surface area contributed by atoms with Gasteiger partial charge in [0.2, 0.25) is 0 Å². The Morgan fingerprint density at radius 3 is 2.71 bits per heavy atom. The van der Waals surface area contributed by atoms with Gasteiger partial charge in [-0.1, -0.05) is 0 Å². The number of carbonyl (C=O) groups is 1. The maximum absolute atomic E-state index is 13.2. The van der Waals surface area contributed by atoms with Crippen molar-refractivity contribution in [1.82, 2.24) is 4.98 Å². The van der Waals surface area contributed by atoms with Gasteiger partial charge in [0.15, 0.2) is 10.9 Å². The van der Waals surface area contributed by atoms with Crippen LogP contribution < -0.4 is 10.5 Å². The minimum atomic E-state index is -4.00.